The van der Waals surface area contributed by atoms with Crippen molar-refractivity contribution in [3.63, 3.8) is 0 Å². The fraction of sp³-hybridized carbons (Fsp3) is 0.250. The Morgan fingerprint density at radius 1 is 1.19 bits per heavy atom. The summed E-state index contributed by atoms with van der Waals surface area (Å²) in [5.41, 5.74) is 8.96. The van der Waals surface area contributed by atoms with Gasteiger partial charge in [0, 0.05) is 28.4 Å². The van der Waals surface area contributed by atoms with Crippen LogP contribution in [-0.2, 0) is 6.42 Å². The maximum absolute atomic E-state index is 5.45. The van der Waals surface area contributed by atoms with Crippen molar-refractivity contribution >= 4 is 33.5 Å². The number of para-hydroxylation sites is 1. The molecule has 4 rings (SSSR count). The van der Waals surface area contributed by atoms with Crippen molar-refractivity contribution in [2.45, 2.75) is 33.6 Å². The molecular formula is C24H25N5OS2. The van der Waals surface area contributed by atoms with E-state index in [2.05, 4.69) is 33.5 Å². The Morgan fingerprint density at radius 3 is 2.84 bits per heavy atom. The summed E-state index contributed by atoms with van der Waals surface area (Å²) in [6, 6.07) is 12.0. The second-order valence-corrected chi connectivity index (χ2v) is 9.12. The van der Waals surface area contributed by atoms with Gasteiger partial charge in [0.25, 0.3) is 0 Å². The van der Waals surface area contributed by atoms with Gasteiger partial charge >= 0.3 is 0 Å². The quantitative estimate of drug-likeness (QED) is 0.241. The molecular weight excluding hydrogens is 438 g/mol. The minimum atomic E-state index is 0.728. The second kappa shape index (κ2) is 10.0. The number of methoxy groups -OCH3 is 1. The van der Waals surface area contributed by atoms with Crippen molar-refractivity contribution < 1.29 is 4.74 Å². The lowest BCUT2D eigenvalue weighted by molar-refractivity contribution is 0.416. The van der Waals surface area contributed by atoms with Crippen molar-refractivity contribution in [2.24, 2.45) is 5.10 Å². The van der Waals surface area contributed by atoms with Crippen LogP contribution in [0.25, 0.3) is 21.8 Å². The molecule has 3 aromatic heterocycles. The van der Waals surface area contributed by atoms with E-state index in [9.17, 15) is 0 Å². The molecule has 0 saturated heterocycles. The zero-order valence-corrected chi connectivity index (χ0v) is 20.2. The number of hydrogen-bond acceptors (Lipinski definition) is 8. The van der Waals surface area contributed by atoms with Gasteiger partial charge in [0.1, 0.15) is 10.8 Å². The van der Waals surface area contributed by atoms with Crippen molar-refractivity contribution in [2.75, 3.05) is 12.5 Å². The Labute approximate surface area is 196 Å². The van der Waals surface area contributed by atoms with Gasteiger partial charge in [-0.1, -0.05) is 25.5 Å². The molecule has 32 heavy (non-hydrogen) atoms. The maximum Gasteiger partial charge on any atom is 0.203 e. The van der Waals surface area contributed by atoms with Gasteiger partial charge in [0.15, 0.2) is 0 Å². The van der Waals surface area contributed by atoms with Crippen LogP contribution in [0, 0.1) is 6.92 Å². The van der Waals surface area contributed by atoms with E-state index in [4.69, 9.17) is 9.72 Å². The highest BCUT2D eigenvalue weighted by molar-refractivity contribution is 7.17. The summed E-state index contributed by atoms with van der Waals surface area (Å²) >= 11 is 3.16. The van der Waals surface area contributed by atoms with Gasteiger partial charge in [-0.2, -0.15) is 5.10 Å². The van der Waals surface area contributed by atoms with Crippen LogP contribution < -0.4 is 10.2 Å². The van der Waals surface area contributed by atoms with Crippen LogP contribution in [-0.4, -0.2) is 27.8 Å². The average molecular weight is 464 g/mol. The van der Waals surface area contributed by atoms with E-state index in [-0.39, 0.29) is 0 Å². The van der Waals surface area contributed by atoms with Crippen LogP contribution in [0.15, 0.2) is 53.1 Å². The Hall–Kier alpha value is -3.10. The zero-order valence-electron chi connectivity index (χ0n) is 18.5. The minimum absolute atomic E-state index is 0.728. The number of rotatable bonds is 8. The van der Waals surface area contributed by atoms with Crippen LogP contribution in [0.4, 0.5) is 5.13 Å². The summed E-state index contributed by atoms with van der Waals surface area (Å²) in [7, 11) is 1.67. The topological polar surface area (TPSA) is 72.3 Å². The number of aromatic nitrogens is 3. The lowest BCUT2D eigenvalue weighted by Crippen LogP contribution is -1.99. The molecule has 0 fully saturated rings. The lowest BCUT2D eigenvalue weighted by Gasteiger charge is -2.04. The normalized spacial score (nSPS) is 11.6. The minimum Gasteiger partial charge on any atom is -0.496 e. The van der Waals surface area contributed by atoms with Gasteiger partial charge in [-0.05, 0) is 44.5 Å². The predicted molar refractivity (Wildman–Crippen MR) is 134 cm³/mol. The largest absolute Gasteiger partial charge is 0.496 e. The lowest BCUT2D eigenvalue weighted by atomic mass is 10.1. The standard InChI is InChI=1S/C24H25N5OS2/c1-5-8-18-13-17(11-12-25-18)23-26-15(2)22(32-23)16(3)28-29-24-27-20(14-31-24)19-9-6-7-10-21(19)30-4/h6-7,9-14H,5,8H2,1-4H3,(H,27,29)/b28-16+. The molecule has 0 amide bonds. The molecule has 6 nitrogen and oxygen atoms in total. The van der Waals surface area contributed by atoms with Crippen molar-refractivity contribution in [3.05, 3.63) is 64.2 Å². The third kappa shape index (κ3) is 4.87. The molecule has 0 aliphatic carbocycles. The highest BCUT2D eigenvalue weighted by Gasteiger charge is 2.13. The summed E-state index contributed by atoms with van der Waals surface area (Å²) in [4.78, 5) is 14.9. The van der Waals surface area contributed by atoms with E-state index in [0.717, 1.165) is 67.5 Å². The van der Waals surface area contributed by atoms with E-state index in [1.54, 1.807) is 18.4 Å². The molecule has 0 saturated carbocycles. The van der Waals surface area contributed by atoms with Crippen LogP contribution in [0.3, 0.4) is 0 Å². The SMILES string of the molecule is CCCc1cc(-c2nc(C)c(/C(C)=N/Nc3nc(-c4ccccc4OC)cs3)s2)ccn1. The van der Waals surface area contributed by atoms with Crippen LogP contribution in [0.2, 0.25) is 0 Å². The van der Waals surface area contributed by atoms with Gasteiger partial charge in [-0.3, -0.25) is 10.4 Å². The molecule has 1 aromatic carbocycles. The summed E-state index contributed by atoms with van der Waals surface area (Å²) in [5.74, 6) is 0.801. The number of anilines is 1. The molecule has 1 N–H and O–H groups in total. The fourth-order valence-electron chi connectivity index (χ4n) is 3.35. The van der Waals surface area contributed by atoms with Gasteiger partial charge in [0.05, 0.1) is 29.1 Å². The number of thiazole rings is 2. The van der Waals surface area contributed by atoms with Crippen molar-refractivity contribution in [3.8, 4) is 27.6 Å². The molecule has 0 spiro atoms. The van der Waals surface area contributed by atoms with Crippen LogP contribution >= 0.6 is 22.7 Å². The molecule has 3 heterocycles. The first-order valence-corrected chi connectivity index (χ1v) is 12.1. The number of ether oxygens (including phenoxy) is 1. The van der Waals surface area contributed by atoms with Crippen molar-refractivity contribution in [1.29, 1.82) is 0 Å². The summed E-state index contributed by atoms with van der Waals surface area (Å²) in [6.45, 7) is 6.17. The number of benzene rings is 1. The van der Waals surface area contributed by atoms with E-state index in [0.29, 0.717) is 0 Å². The van der Waals surface area contributed by atoms with Crippen molar-refractivity contribution in [1.82, 2.24) is 15.0 Å². The number of nitrogens with one attached hydrogen (secondary N) is 1. The molecule has 0 aliphatic heterocycles. The fourth-order valence-corrected chi connectivity index (χ4v) is 5.01. The van der Waals surface area contributed by atoms with E-state index >= 15 is 0 Å². The molecule has 0 radical (unpaired) electrons. The van der Waals surface area contributed by atoms with Crippen LogP contribution in [0.5, 0.6) is 5.75 Å². The molecule has 164 valence electrons. The van der Waals surface area contributed by atoms with Gasteiger partial charge < -0.3 is 4.74 Å². The molecule has 0 unspecified atom stereocenters. The first-order valence-electron chi connectivity index (χ1n) is 10.4. The Kier molecular flexibility index (Phi) is 6.92. The highest BCUT2D eigenvalue weighted by atomic mass is 32.1. The number of nitrogens with zero attached hydrogens (tertiary/aromatic N) is 4. The smallest absolute Gasteiger partial charge is 0.203 e. The molecule has 8 heteroatoms. The molecule has 4 aromatic rings. The Balaban J connectivity index is 1.52. The maximum atomic E-state index is 5.45. The third-order valence-electron chi connectivity index (χ3n) is 4.90. The van der Waals surface area contributed by atoms with Gasteiger partial charge in [-0.25, -0.2) is 9.97 Å². The van der Waals surface area contributed by atoms with E-state index < -0.39 is 0 Å². The number of pyridine rings is 1. The van der Waals surface area contributed by atoms with E-state index in [1.807, 2.05) is 55.8 Å². The molecule has 0 atom stereocenters. The highest BCUT2D eigenvalue weighted by Crippen LogP contribution is 2.32. The van der Waals surface area contributed by atoms with Gasteiger partial charge in [-0.15, -0.1) is 22.7 Å². The number of hydrogen-bond donors (Lipinski definition) is 1. The Morgan fingerprint density at radius 2 is 2.03 bits per heavy atom. The first-order chi connectivity index (χ1) is 15.6. The number of hydrazone groups is 1. The monoisotopic (exact) mass is 463 g/mol. The summed E-state index contributed by atoms with van der Waals surface area (Å²) in [5, 5.41) is 8.28. The van der Waals surface area contributed by atoms with E-state index in [1.165, 1.54) is 11.3 Å². The summed E-state index contributed by atoms with van der Waals surface area (Å²) in [6.07, 6.45) is 3.91. The predicted octanol–water partition coefficient (Wildman–Crippen LogP) is 6.43. The zero-order chi connectivity index (χ0) is 22.5. The van der Waals surface area contributed by atoms with Gasteiger partial charge in [0.2, 0.25) is 5.13 Å². The van der Waals surface area contributed by atoms with Crippen LogP contribution in [0.1, 0.15) is 36.5 Å². The summed E-state index contributed by atoms with van der Waals surface area (Å²) < 4.78 is 5.45. The third-order valence-corrected chi connectivity index (χ3v) is 6.96. The second-order valence-electron chi connectivity index (χ2n) is 7.27. The molecule has 0 bridgehead atoms. The first kappa shape index (κ1) is 22.1. The Bertz CT molecular complexity index is 1240. The number of aryl methyl sites for hydroxylation is 2. The average Bonchev–Trinajstić information content (AvgIpc) is 3.45. The molecule has 0 aliphatic rings.